The summed E-state index contributed by atoms with van der Waals surface area (Å²) in [5.41, 5.74) is 9.30. The van der Waals surface area contributed by atoms with Gasteiger partial charge in [-0.1, -0.05) is 12.7 Å². The summed E-state index contributed by atoms with van der Waals surface area (Å²) in [5.74, 6) is 0.139. The minimum absolute atomic E-state index is 0.0418. The molecular weight excluding hydrogens is 318 g/mol. The summed E-state index contributed by atoms with van der Waals surface area (Å²) in [7, 11) is 0. The van der Waals surface area contributed by atoms with Crippen molar-refractivity contribution < 1.29 is 9.53 Å². The number of pyridine rings is 1. The summed E-state index contributed by atoms with van der Waals surface area (Å²) >= 11 is 0. The maximum Gasteiger partial charge on any atom is 0.306 e. The topological polar surface area (TPSA) is 102 Å². The Morgan fingerprint density at radius 1 is 1.44 bits per heavy atom. The minimum atomic E-state index is -0.371. The van der Waals surface area contributed by atoms with Gasteiger partial charge >= 0.3 is 5.91 Å². The average molecular weight is 345 g/mol. The van der Waals surface area contributed by atoms with Crippen LogP contribution in [0.3, 0.4) is 0 Å². The van der Waals surface area contributed by atoms with E-state index in [0.29, 0.717) is 18.9 Å². The number of nitrogen functional groups attached to an aromatic ring is 1. The van der Waals surface area contributed by atoms with E-state index in [4.69, 9.17) is 10.5 Å². The van der Waals surface area contributed by atoms with Gasteiger partial charge in [0.2, 0.25) is 0 Å². The van der Waals surface area contributed by atoms with Crippen LogP contribution in [0.4, 0.5) is 5.82 Å². The van der Waals surface area contributed by atoms with Crippen LogP contribution in [0.15, 0.2) is 35.5 Å². The Morgan fingerprint density at radius 3 is 2.76 bits per heavy atom. The molecule has 0 aliphatic heterocycles. The van der Waals surface area contributed by atoms with Crippen molar-refractivity contribution in [2.24, 2.45) is 4.99 Å². The standard InChI is InChI=1S/C18H27N5O2/c1-6-8-13(4)22-11-25-18(20-7-2)17(24)21-10-15-12(3)9-16(19)23-14(15)5/h6,8-9,22H,1,7,10-11H2,2-5H3,(H2,19,23)(H,21,24)/b13-8+,20-18?. The van der Waals surface area contributed by atoms with Gasteiger partial charge in [-0.3, -0.25) is 4.79 Å². The number of carbonyl (C=O) groups is 1. The van der Waals surface area contributed by atoms with Crippen molar-refractivity contribution in [3.8, 4) is 0 Å². The highest BCUT2D eigenvalue weighted by molar-refractivity contribution is 6.35. The number of amides is 1. The number of ether oxygens (including phenoxy) is 1. The molecule has 0 unspecified atom stereocenters. The van der Waals surface area contributed by atoms with Crippen LogP contribution in [0.2, 0.25) is 0 Å². The number of allylic oxidation sites excluding steroid dienone is 3. The quantitative estimate of drug-likeness (QED) is 0.303. The number of nitrogens with zero attached hydrogens (tertiary/aromatic N) is 2. The monoisotopic (exact) mass is 345 g/mol. The zero-order chi connectivity index (χ0) is 18.8. The van der Waals surface area contributed by atoms with Crippen LogP contribution < -0.4 is 16.4 Å². The Hall–Kier alpha value is -2.83. The van der Waals surface area contributed by atoms with Gasteiger partial charge in [-0.05, 0) is 51.0 Å². The predicted octanol–water partition coefficient (Wildman–Crippen LogP) is 1.97. The number of hydrogen-bond acceptors (Lipinski definition) is 6. The molecule has 0 bridgehead atoms. The van der Waals surface area contributed by atoms with E-state index in [1.165, 1.54) is 0 Å². The molecule has 0 radical (unpaired) electrons. The molecule has 25 heavy (non-hydrogen) atoms. The van der Waals surface area contributed by atoms with E-state index >= 15 is 0 Å². The van der Waals surface area contributed by atoms with Gasteiger partial charge in [-0.25, -0.2) is 9.98 Å². The summed E-state index contributed by atoms with van der Waals surface area (Å²) < 4.78 is 5.45. The summed E-state index contributed by atoms with van der Waals surface area (Å²) in [6.45, 7) is 12.1. The molecule has 7 nitrogen and oxygen atoms in total. The van der Waals surface area contributed by atoms with Gasteiger partial charge in [-0.2, -0.15) is 0 Å². The van der Waals surface area contributed by atoms with Gasteiger partial charge in [0.1, 0.15) is 5.82 Å². The lowest BCUT2D eigenvalue weighted by atomic mass is 10.1. The van der Waals surface area contributed by atoms with Gasteiger partial charge in [0.15, 0.2) is 6.73 Å². The number of aliphatic imine (C=N–C) groups is 1. The molecule has 4 N–H and O–H groups in total. The second-order valence-electron chi connectivity index (χ2n) is 5.44. The molecule has 0 spiro atoms. The highest BCUT2D eigenvalue weighted by Gasteiger charge is 2.14. The third-order valence-electron chi connectivity index (χ3n) is 3.42. The molecule has 1 amide bonds. The molecule has 1 rings (SSSR count). The number of nitrogens with one attached hydrogen (secondary N) is 2. The highest BCUT2D eigenvalue weighted by atomic mass is 16.5. The molecule has 7 heteroatoms. The molecule has 1 heterocycles. The van der Waals surface area contributed by atoms with Crippen molar-refractivity contribution in [1.82, 2.24) is 15.6 Å². The lowest BCUT2D eigenvalue weighted by Gasteiger charge is -2.13. The minimum Gasteiger partial charge on any atom is -0.453 e. The Balaban J connectivity index is 2.67. The first kappa shape index (κ1) is 20.2. The van der Waals surface area contributed by atoms with Crippen LogP contribution in [0.1, 0.15) is 30.7 Å². The number of nitrogens with two attached hydrogens (primary N) is 1. The fourth-order valence-corrected chi connectivity index (χ4v) is 2.18. The number of carbonyl (C=O) groups excluding carboxylic acids is 1. The average Bonchev–Trinajstić information content (AvgIpc) is 2.53. The molecule has 0 aromatic carbocycles. The van der Waals surface area contributed by atoms with E-state index in [1.807, 2.05) is 27.7 Å². The Morgan fingerprint density at radius 2 is 2.16 bits per heavy atom. The maximum atomic E-state index is 12.3. The fourth-order valence-electron chi connectivity index (χ4n) is 2.18. The van der Waals surface area contributed by atoms with Crippen molar-refractivity contribution >= 4 is 17.6 Å². The Kier molecular flexibility index (Phi) is 8.18. The van der Waals surface area contributed by atoms with Crippen molar-refractivity contribution in [3.63, 3.8) is 0 Å². The van der Waals surface area contributed by atoms with Crippen LogP contribution in [-0.2, 0) is 16.1 Å². The Bertz CT molecular complexity index is 657. The van der Waals surface area contributed by atoms with Gasteiger partial charge in [-0.15, -0.1) is 0 Å². The van der Waals surface area contributed by atoms with E-state index in [9.17, 15) is 4.79 Å². The molecule has 1 aromatic heterocycles. The largest absolute Gasteiger partial charge is 0.453 e. The summed E-state index contributed by atoms with van der Waals surface area (Å²) in [5, 5.41) is 5.82. The second-order valence-corrected chi connectivity index (χ2v) is 5.44. The fraction of sp³-hybridized carbons (Fsp3) is 0.389. The van der Waals surface area contributed by atoms with Gasteiger partial charge in [0, 0.05) is 24.5 Å². The molecule has 0 aliphatic rings. The van der Waals surface area contributed by atoms with E-state index in [-0.39, 0.29) is 18.5 Å². The number of aryl methyl sites for hydroxylation is 2. The van der Waals surface area contributed by atoms with Crippen molar-refractivity contribution in [2.75, 3.05) is 19.0 Å². The summed E-state index contributed by atoms with van der Waals surface area (Å²) in [6.07, 6.45) is 3.47. The lowest BCUT2D eigenvalue weighted by molar-refractivity contribution is -0.116. The lowest BCUT2D eigenvalue weighted by Crippen LogP contribution is -2.34. The summed E-state index contributed by atoms with van der Waals surface area (Å²) in [6, 6.07) is 1.78. The van der Waals surface area contributed by atoms with Crippen LogP contribution >= 0.6 is 0 Å². The molecule has 136 valence electrons. The number of rotatable bonds is 7. The molecule has 0 saturated heterocycles. The molecule has 0 fully saturated rings. The van der Waals surface area contributed by atoms with Crippen LogP contribution in [0.5, 0.6) is 0 Å². The van der Waals surface area contributed by atoms with Gasteiger partial charge < -0.3 is 21.1 Å². The van der Waals surface area contributed by atoms with Gasteiger partial charge in [0.25, 0.3) is 5.90 Å². The predicted molar refractivity (Wildman–Crippen MR) is 101 cm³/mol. The van der Waals surface area contributed by atoms with E-state index < -0.39 is 0 Å². The third-order valence-corrected chi connectivity index (χ3v) is 3.42. The number of anilines is 1. The normalized spacial score (nSPS) is 11.8. The van der Waals surface area contributed by atoms with Crippen molar-refractivity contribution in [2.45, 2.75) is 34.2 Å². The number of aromatic nitrogens is 1. The first-order valence-corrected chi connectivity index (χ1v) is 8.10. The van der Waals surface area contributed by atoms with E-state index in [0.717, 1.165) is 22.5 Å². The van der Waals surface area contributed by atoms with Crippen LogP contribution in [-0.4, -0.2) is 30.1 Å². The summed E-state index contributed by atoms with van der Waals surface area (Å²) in [4.78, 5) is 20.7. The number of hydrogen-bond donors (Lipinski definition) is 3. The highest BCUT2D eigenvalue weighted by Crippen LogP contribution is 2.14. The molecule has 0 saturated carbocycles. The van der Waals surface area contributed by atoms with Crippen molar-refractivity contribution in [1.29, 1.82) is 0 Å². The second kappa shape index (κ2) is 10.1. The van der Waals surface area contributed by atoms with Crippen LogP contribution in [0.25, 0.3) is 0 Å². The first-order valence-electron chi connectivity index (χ1n) is 8.10. The molecular formula is C18H27N5O2. The van der Waals surface area contributed by atoms with Crippen LogP contribution in [0, 0.1) is 13.8 Å². The Labute approximate surface area is 149 Å². The van der Waals surface area contributed by atoms with Gasteiger partial charge in [0.05, 0.1) is 0 Å². The molecule has 1 aromatic rings. The van der Waals surface area contributed by atoms with E-state index in [2.05, 4.69) is 27.2 Å². The van der Waals surface area contributed by atoms with Crippen molar-refractivity contribution in [3.05, 3.63) is 47.3 Å². The zero-order valence-corrected chi connectivity index (χ0v) is 15.3. The zero-order valence-electron chi connectivity index (χ0n) is 15.3. The maximum absolute atomic E-state index is 12.3. The molecule has 0 atom stereocenters. The molecule has 0 aliphatic carbocycles. The first-order chi connectivity index (χ1) is 11.9. The smallest absolute Gasteiger partial charge is 0.306 e. The van der Waals surface area contributed by atoms with E-state index in [1.54, 1.807) is 18.2 Å². The SMILES string of the molecule is C=C/C=C(\C)NCOC(=NCC)C(=O)NCc1c(C)cc(N)nc1C. The third kappa shape index (κ3) is 6.66.